The standard InChI is InChI=1S/C26H23NO5/c1-16-8-9-18(3)22(12-16)32-24-14-31-23-13-19(10-11-20(23)26(24)29)30-15-25(28)27-21-7-5-4-6-17(21)2/h4-14H,15H2,1-3H3,(H,27,28). The van der Waals surface area contributed by atoms with Crippen LogP contribution in [0.2, 0.25) is 0 Å². The Labute approximate surface area is 185 Å². The molecule has 0 aliphatic rings. The molecule has 1 aromatic heterocycles. The highest BCUT2D eigenvalue weighted by Crippen LogP contribution is 2.27. The van der Waals surface area contributed by atoms with E-state index in [1.807, 2.05) is 63.2 Å². The Kier molecular flexibility index (Phi) is 5.94. The minimum absolute atomic E-state index is 0.109. The molecule has 4 rings (SSSR count). The topological polar surface area (TPSA) is 77.8 Å². The molecule has 0 spiro atoms. The van der Waals surface area contributed by atoms with Gasteiger partial charge in [0, 0.05) is 11.8 Å². The molecule has 0 radical (unpaired) electrons. The zero-order valence-corrected chi connectivity index (χ0v) is 18.1. The number of fused-ring (bicyclic) bond motifs is 1. The van der Waals surface area contributed by atoms with Crippen molar-refractivity contribution in [2.45, 2.75) is 20.8 Å². The summed E-state index contributed by atoms with van der Waals surface area (Å²) in [6.07, 6.45) is 1.29. The van der Waals surface area contributed by atoms with Gasteiger partial charge in [-0.1, -0.05) is 30.3 Å². The van der Waals surface area contributed by atoms with Crippen LogP contribution >= 0.6 is 0 Å². The van der Waals surface area contributed by atoms with Crippen molar-refractivity contribution in [3.05, 3.63) is 93.8 Å². The van der Waals surface area contributed by atoms with Crippen molar-refractivity contribution in [1.82, 2.24) is 0 Å². The fourth-order valence-corrected chi connectivity index (χ4v) is 3.24. The third kappa shape index (κ3) is 4.64. The first-order valence-corrected chi connectivity index (χ1v) is 10.2. The molecule has 0 saturated carbocycles. The van der Waals surface area contributed by atoms with Crippen molar-refractivity contribution in [2.75, 3.05) is 11.9 Å². The SMILES string of the molecule is Cc1ccc(C)c(Oc2coc3cc(OCC(=O)Nc4ccccc4C)ccc3c2=O)c1. The molecule has 4 aromatic rings. The lowest BCUT2D eigenvalue weighted by Gasteiger charge is -2.11. The lowest BCUT2D eigenvalue weighted by atomic mass is 10.1. The van der Waals surface area contributed by atoms with Crippen molar-refractivity contribution >= 4 is 22.6 Å². The Hall–Kier alpha value is -4.06. The van der Waals surface area contributed by atoms with Gasteiger partial charge in [0.15, 0.2) is 6.61 Å². The summed E-state index contributed by atoms with van der Waals surface area (Å²) < 4.78 is 17.0. The Balaban J connectivity index is 1.48. The van der Waals surface area contributed by atoms with Crippen LogP contribution in [-0.2, 0) is 4.79 Å². The van der Waals surface area contributed by atoms with Gasteiger partial charge in [-0.2, -0.15) is 0 Å². The molecule has 0 aliphatic heterocycles. The van der Waals surface area contributed by atoms with E-state index in [1.54, 1.807) is 18.2 Å². The Bertz CT molecular complexity index is 1360. The molecule has 0 unspecified atom stereocenters. The van der Waals surface area contributed by atoms with Crippen molar-refractivity contribution in [3.8, 4) is 17.2 Å². The first kappa shape index (κ1) is 21.2. The van der Waals surface area contributed by atoms with E-state index < -0.39 is 0 Å². The second kappa shape index (κ2) is 8.98. The number of carbonyl (C=O) groups is 1. The lowest BCUT2D eigenvalue weighted by molar-refractivity contribution is -0.118. The molecule has 0 saturated heterocycles. The monoisotopic (exact) mass is 429 g/mol. The summed E-state index contributed by atoms with van der Waals surface area (Å²) in [5.41, 5.74) is 3.72. The molecule has 6 nitrogen and oxygen atoms in total. The second-order valence-corrected chi connectivity index (χ2v) is 7.61. The Morgan fingerprint density at radius 3 is 2.56 bits per heavy atom. The fourth-order valence-electron chi connectivity index (χ4n) is 3.24. The number of para-hydroxylation sites is 1. The summed E-state index contributed by atoms with van der Waals surface area (Å²) in [6.45, 7) is 5.62. The van der Waals surface area contributed by atoms with Crippen molar-refractivity contribution in [1.29, 1.82) is 0 Å². The third-order valence-electron chi connectivity index (χ3n) is 5.07. The zero-order valence-electron chi connectivity index (χ0n) is 18.1. The van der Waals surface area contributed by atoms with Gasteiger partial charge in [0.1, 0.15) is 23.3 Å². The average Bonchev–Trinajstić information content (AvgIpc) is 2.78. The molecule has 6 heteroatoms. The number of anilines is 1. The van der Waals surface area contributed by atoms with Crippen molar-refractivity contribution < 1.29 is 18.7 Å². The van der Waals surface area contributed by atoms with E-state index in [0.29, 0.717) is 22.5 Å². The van der Waals surface area contributed by atoms with E-state index in [2.05, 4.69) is 5.32 Å². The second-order valence-electron chi connectivity index (χ2n) is 7.61. The largest absolute Gasteiger partial charge is 0.484 e. The Morgan fingerprint density at radius 2 is 1.75 bits per heavy atom. The van der Waals surface area contributed by atoms with Gasteiger partial charge in [0.25, 0.3) is 5.91 Å². The van der Waals surface area contributed by atoms with Crippen LogP contribution in [0.4, 0.5) is 5.69 Å². The molecular formula is C26H23NO5. The highest BCUT2D eigenvalue weighted by atomic mass is 16.5. The van der Waals surface area contributed by atoms with E-state index in [4.69, 9.17) is 13.9 Å². The molecule has 0 aliphatic carbocycles. The maximum Gasteiger partial charge on any atom is 0.262 e. The van der Waals surface area contributed by atoms with Crippen LogP contribution in [0.25, 0.3) is 11.0 Å². The number of ether oxygens (including phenoxy) is 2. The number of hydrogen-bond acceptors (Lipinski definition) is 5. The van der Waals surface area contributed by atoms with Crippen LogP contribution in [0.3, 0.4) is 0 Å². The Morgan fingerprint density at radius 1 is 0.938 bits per heavy atom. The van der Waals surface area contributed by atoms with Gasteiger partial charge in [-0.25, -0.2) is 0 Å². The first-order valence-electron chi connectivity index (χ1n) is 10.2. The van der Waals surface area contributed by atoms with E-state index in [0.717, 1.165) is 22.4 Å². The van der Waals surface area contributed by atoms with E-state index in [-0.39, 0.29) is 23.7 Å². The van der Waals surface area contributed by atoms with E-state index in [9.17, 15) is 9.59 Å². The predicted molar refractivity (Wildman–Crippen MR) is 124 cm³/mol. The molecule has 1 N–H and O–H groups in total. The van der Waals surface area contributed by atoms with Crippen LogP contribution in [0.5, 0.6) is 17.2 Å². The maximum absolute atomic E-state index is 12.9. The number of amides is 1. The lowest BCUT2D eigenvalue weighted by Crippen LogP contribution is -2.20. The van der Waals surface area contributed by atoms with Crippen LogP contribution in [0.1, 0.15) is 16.7 Å². The number of carbonyl (C=O) groups excluding carboxylic acids is 1. The normalized spacial score (nSPS) is 10.7. The van der Waals surface area contributed by atoms with Gasteiger partial charge in [-0.05, 0) is 61.7 Å². The van der Waals surface area contributed by atoms with Crippen LogP contribution in [-0.4, -0.2) is 12.5 Å². The van der Waals surface area contributed by atoms with Crippen LogP contribution < -0.4 is 20.2 Å². The highest BCUT2D eigenvalue weighted by Gasteiger charge is 2.12. The molecule has 0 fully saturated rings. The quantitative estimate of drug-likeness (QED) is 0.436. The molecule has 162 valence electrons. The van der Waals surface area contributed by atoms with E-state index in [1.165, 1.54) is 6.26 Å². The molecule has 1 amide bonds. The smallest absolute Gasteiger partial charge is 0.262 e. The summed E-state index contributed by atoms with van der Waals surface area (Å²) in [6, 6.07) is 18.1. The summed E-state index contributed by atoms with van der Waals surface area (Å²) in [5.74, 6) is 0.857. The number of nitrogens with one attached hydrogen (secondary N) is 1. The minimum atomic E-state index is -0.281. The summed E-state index contributed by atoms with van der Waals surface area (Å²) in [5, 5.41) is 3.18. The third-order valence-corrected chi connectivity index (χ3v) is 5.07. The molecule has 3 aromatic carbocycles. The predicted octanol–water partition coefficient (Wildman–Crippen LogP) is 5.53. The van der Waals surface area contributed by atoms with Gasteiger partial charge < -0.3 is 19.2 Å². The summed E-state index contributed by atoms with van der Waals surface area (Å²) in [4.78, 5) is 25.1. The number of aryl methyl sites for hydroxylation is 3. The van der Waals surface area contributed by atoms with Crippen LogP contribution in [0, 0.1) is 20.8 Å². The summed E-state index contributed by atoms with van der Waals surface area (Å²) >= 11 is 0. The number of benzene rings is 3. The number of rotatable bonds is 6. The average molecular weight is 429 g/mol. The first-order chi connectivity index (χ1) is 15.4. The van der Waals surface area contributed by atoms with Crippen molar-refractivity contribution in [3.63, 3.8) is 0 Å². The molecule has 0 bridgehead atoms. The van der Waals surface area contributed by atoms with Gasteiger partial charge in [0.2, 0.25) is 11.2 Å². The van der Waals surface area contributed by atoms with Gasteiger partial charge >= 0.3 is 0 Å². The van der Waals surface area contributed by atoms with Gasteiger partial charge in [0.05, 0.1) is 5.39 Å². The summed E-state index contributed by atoms with van der Waals surface area (Å²) in [7, 11) is 0. The fraction of sp³-hybridized carbons (Fsp3) is 0.154. The molecule has 1 heterocycles. The highest BCUT2D eigenvalue weighted by molar-refractivity contribution is 5.92. The molecular weight excluding hydrogens is 406 g/mol. The van der Waals surface area contributed by atoms with E-state index >= 15 is 0 Å². The minimum Gasteiger partial charge on any atom is -0.484 e. The van der Waals surface area contributed by atoms with Gasteiger partial charge in [-0.15, -0.1) is 0 Å². The maximum atomic E-state index is 12.9. The molecule has 0 atom stereocenters. The molecule has 32 heavy (non-hydrogen) atoms. The van der Waals surface area contributed by atoms with Crippen molar-refractivity contribution in [2.24, 2.45) is 0 Å². The zero-order chi connectivity index (χ0) is 22.7. The van der Waals surface area contributed by atoms with Crippen LogP contribution in [0.15, 0.2) is 76.1 Å². The van der Waals surface area contributed by atoms with Gasteiger partial charge in [-0.3, -0.25) is 9.59 Å². The number of hydrogen-bond donors (Lipinski definition) is 1.